The van der Waals surface area contributed by atoms with Crippen LogP contribution in [0.25, 0.3) is 0 Å². The van der Waals surface area contributed by atoms with Crippen molar-refractivity contribution >= 4 is 21.9 Å². The summed E-state index contributed by atoms with van der Waals surface area (Å²) in [7, 11) is 0. The van der Waals surface area contributed by atoms with Crippen LogP contribution in [0.15, 0.2) is 28.7 Å². The Bertz CT molecular complexity index is 461. The number of carboxylic acid groups (broad SMARTS) is 1. The third-order valence-corrected chi connectivity index (χ3v) is 4.69. The minimum absolute atomic E-state index is 0.151. The summed E-state index contributed by atoms with van der Waals surface area (Å²) in [4.78, 5) is 12.8. The zero-order valence-electron chi connectivity index (χ0n) is 11.7. The van der Waals surface area contributed by atoms with Crippen LogP contribution in [0.3, 0.4) is 0 Å². The van der Waals surface area contributed by atoms with Gasteiger partial charge in [-0.1, -0.05) is 41.1 Å². The number of rotatable bonds is 7. The van der Waals surface area contributed by atoms with E-state index in [2.05, 4.69) is 27.3 Å². The molecule has 0 amide bonds. The van der Waals surface area contributed by atoms with E-state index in [0.29, 0.717) is 12.1 Å². The van der Waals surface area contributed by atoms with E-state index in [1.54, 1.807) is 0 Å². The van der Waals surface area contributed by atoms with Gasteiger partial charge in [-0.25, -0.2) is 0 Å². The molecule has 4 nitrogen and oxygen atoms in total. The van der Waals surface area contributed by atoms with E-state index in [4.69, 9.17) is 5.11 Å². The minimum atomic E-state index is -0.739. The van der Waals surface area contributed by atoms with Crippen molar-refractivity contribution in [3.63, 3.8) is 0 Å². The highest BCUT2D eigenvalue weighted by Gasteiger charge is 2.33. The molecule has 0 atom stereocenters. The molecule has 0 unspecified atom stereocenters. The summed E-state index contributed by atoms with van der Waals surface area (Å²) < 4.78 is 1.13. The summed E-state index contributed by atoms with van der Waals surface area (Å²) in [5.41, 5.74) is 1.26. The Labute approximate surface area is 128 Å². The molecular weight excluding hydrogens is 320 g/mol. The molecular formula is C15H21BrN2O2. The molecule has 0 aliphatic heterocycles. The van der Waals surface area contributed by atoms with Crippen LogP contribution in [0.2, 0.25) is 0 Å². The fourth-order valence-corrected chi connectivity index (χ4v) is 3.05. The molecule has 1 aliphatic carbocycles. The molecule has 2 rings (SSSR count). The van der Waals surface area contributed by atoms with Gasteiger partial charge in [-0.15, -0.1) is 0 Å². The Hall–Kier alpha value is -0.910. The average Bonchev–Trinajstić information content (AvgIpc) is 2.37. The van der Waals surface area contributed by atoms with Crippen molar-refractivity contribution in [2.24, 2.45) is 0 Å². The predicted octanol–water partition coefficient (Wildman–Crippen LogP) is 2.48. The molecule has 1 fully saturated rings. The fraction of sp³-hybridized carbons (Fsp3) is 0.533. The number of hydrogen-bond donors (Lipinski definition) is 2. The predicted molar refractivity (Wildman–Crippen MR) is 82.7 cm³/mol. The van der Waals surface area contributed by atoms with Gasteiger partial charge >= 0.3 is 5.97 Å². The van der Waals surface area contributed by atoms with E-state index < -0.39 is 5.97 Å². The SMILES string of the molecule is CCN(CC(=O)O)C1CC(NCc2ccccc2Br)C1. The maximum absolute atomic E-state index is 10.8. The largest absolute Gasteiger partial charge is 0.480 e. The van der Waals surface area contributed by atoms with Gasteiger partial charge in [0.25, 0.3) is 0 Å². The first kappa shape index (κ1) is 15.5. The Balaban J connectivity index is 1.74. The van der Waals surface area contributed by atoms with Crippen LogP contribution in [0, 0.1) is 0 Å². The summed E-state index contributed by atoms with van der Waals surface area (Å²) in [5.74, 6) is -0.739. The van der Waals surface area contributed by atoms with Gasteiger partial charge in [0.1, 0.15) is 0 Å². The maximum atomic E-state index is 10.8. The van der Waals surface area contributed by atoms with Gasteiger partial charge in [-0.2, -0.15) is 0 Å². The van der Waals surface area contributed by atoms with Crippen LogP contribution in [0.4, 0.5) is 0 Å². The maximum Gasteiger partial charge on any atom is 0.317 e. The molecule has 1 aromatic rings. The van der Waals surface area contributed by atoms with E-state index in [1.165, 1.54) is 5.56 Å². The summed E-state index contributed by atoms with van der Waals surface area (Å²) in [6.45, 7) is 3.82. The molecule has 2 N–H and O–H groups in total. The molecule has 0 aromatic heterocycles. The lowest BCUT2D eigenvalue weighted by Gasteiger charge is -2.42. The summed E-state index contributed by atoms with van der Waals surface area (Å²) in [6.07, 6.45) is 2.07. The van der Waals surface area contributed by atoms with Gasteiger partial charge in [0, 0.05) is 23.1 Å². The Kier molecular flexibility index (Phi) is 5.57. The Morgan fingerprint density at radius 2 is 2.15 bits per heavy atom. The van der Waals surface area contributed by atoms with Gasteiger partial charge < -0.3 is 10.4 Å². The molecule has 110 valence electrons. The number of likely N-dealkylation sites (N-methyl/N-ethyl adjacent to an activating group) is 1. The zero-order valence-corrected chi connectivity index (χ0v) is 13.3. The van der Waals surface area contributed by atoms with Crippen molar-refractivity contribution in [1.82, 2.24) is 10.2 Å². The number of hydrogen-bond acceptors (Lipinski definition) is 3. The van der Waals surface area contributed by atoms with Crippen molar-refractivity contribution < 1.29 is 9.90 Å². The standard InChI is InChI=1S/C15H21BrN2O2/c1-2-18(10-15(19)20)13-7-12(8-13)17-9-11-5-3-4-6-14(11)16/h3-6,12-13,17H,2,7-10H2,1H3,(H,19,20). The van der Waals surface area contributed by atoms with Crippen molar-refractivity contribution in [2.45, 2.75) is 38.4 Å². The molecule has 1 aromatic carbocycles. The molecule has 1 saturated carbocycles. The Morgan fingerprint density at radius 1 is 1.45 bits per heavy atom. The number of carboxylic acids is 1. The monoisotopic (exact) mass is 340 g/mol. The molecule has 0 heterocycles. The van der Waals surface area contributed by atoms with Gasteiger partial charge in [-0.3, -0.25) is 9.69 Å². The summed E-state index contributed by atoms with van der Waals surface area (Å²) in [5, 5.41) is 12.4. The van der Waals surface area contributed by atoms with E-state index in [1.807, 2.05) is 30.0 Å². The number of halogens is 1. The Morgan fingerprint density at radius 3 is 2.75 bits per heavy atom. The highest BCUT2D eigenvalue weighted by molar-refractivity contribution is 9.10. The van der Waals surface area contributed by atoms with E-state index in [0.717, 1.165) is 30.4 Å². The minimum Gasteiger partial charge on any atom is -0.480 e. The lowest BCUT2D eigenvalue weighted by Crippen LogP contribution is -2.53. The number of nitrogens with one attached hydrogen (secondary N) is 1. The van der Waals surface area contributed by atoms with E-state index in [9.17, 15) is 4.79 Å². The smallest absolute Gasteiger partial charge is 0.317 e. The molecule has 1 aliphatic rings. The van der Waals surface area contributed by atoms with Gasteiger partial charge in [-0.05, 0) is 31.0 Å². The van der Waals surface area contributed by atoms with Crippen LogP contribution >= 0.6 is 15.9 Å². The van der Waals surface area contributed by atoms with E-state index >= 15 is 0 Å². The second-order valence-corrected chi connectivity index (χ2v) is 6.11. The molecule has 0 spiro atoms. The van der Waals surface area contributed by atoms with Crippen molar-refractivity contribution in [3.05, 3.63) is 34.3 Å². The van der Waals surface area contributed by atoms with Crippen LogP contribution in [-0.2, 0) is 11.3 Å². The highest BCUT2D eigenvalue weighted by Crippen LogP contribution is 2.26. The number of benzene rings is 1. The second kappa shape index (κ2) is 7.20. The lowest BCUT2D eigenvalue weighted by atomic mass is 9.85. The first-order valence-corrected chi connectivity index (χ1v) is 7.82. The quantitative estimate of drug-likeness (QED) is 0.800. The fourth-order valence-electron chi connectivity index (χ4n) is 2.62. The van der Waals surface area contributed by atoms with Crippen molar-refractivity contribution in [1.29, 1.82) is 0 Å². The van der Waals surface area contributed by atoms with Crippen LogP contribution in [0.5, 0.6) is 0 Å². The zero-order chi connectivity index (χ0) is 14.5. The number of nitrogens with zero attached hydrogens (tertiary/aromatic N) is 1. The summed E-state index contributed by atoms with van der Waals surface area (Å²) >= 11 is 3.55. The third kappa shape index (κ3) is 4.04. The van der Waals surface area contributed by atoms with Crippen LogP contribution in [-0.4, -0.2) is 41.1 Å². The van der Waals surface area contributed by atoms with E-state index in [-0.39, 0.29) is 6.54 Å². The molecule has 20 heavy (non-hydrogen) atoms. The topological polar surface area (TPSA) is 52.6 Å². The third-order valence-electron chi connectivity index (χ3n) is 3.91. The molecule has 0 radical (unpaired) electrons. The summed E-state index contributed by atoms with van der Waals surface area (Å²) in [6, 6.07) is 9.11. The van der Waals surface area contributed by atoms with Gasteiger partial charge in [0.05, 0.1) is 6.54 Å². The van der Waals surface area contributed by atoms with Crippen molar-refractivity contribution in [2.75, 3.05) is 13.1 Å². The van der Waals surface area contributed by atoms with Crippen LogP contribution in [0.1, 0.15) is 25.3 Å². The molecule has 5 heteroatoms. The molecule has 0 saturated heterocycles. The van der Waals surface area contributed by atoms with Crippen LogP contribution < -0.4 is 5.32 Å². The first-order chi connectivity index (χ1) is 9.60. The van der Waals surface area contributed by atoms with Crippen molar-refractivity contribution in [3.8, 4) is 0 Å². The lowest BCUT2D eigenvalue weighted by molar-refractivity contribution is -0.139. The second-order valence-electron chi connectivity index (χ2n) is 5.25. The van der Waals surface area contributed by atoms with Gasteiger partial charge in [0.15, 0.2) is 0 Å². The molecule has 0 bridgehead atoms. The number of carbonyl (C=O) groups is 1. The average molecular weight is 341 g/mol. The van der Waals surface area contributed by atoms with Gasteiger partial charge in [0.2, 0.25) is 0 Å². The first-order valence-electron chi connectivity index (χ1n) is 7.02. The number of aliphatic carboxylic acids is 1. The normalized spacial score (nSPS) is 21.8. The highest BCUT2D eigenvalue weighted by atomic mass is 79.9.